The van der Waals surface area contributed by atoms with Gasteiger partial charge in [0.15, 0.2) is 29.0 Å². The van der Waals surface area contributed by atoms with Crippen LogP contribution in [0.3, 0.4) is 0 Å². The third-order valence-corrected chi connectivity index (χ3v) is 3.40. The van der Waals surface area contributed by atoms with E-state index in [9.17, 15) is 18.0 Å². The Bertz CT molecular complexity index is 771. The molecule has 5 nitrogen and oxygen atoms in total. The van der Waals surface area contributed by atoms with Crippen molar-refractivity contribution in [3.8, 4) is 17.2 Å². The minimum absolute atomic E-state index is 0.171. The van der Waals surface area contributed by atoms with E-state index in [2.05, 4.69) is 5.32 Å². The van der Waals surface area contributed by atoms with Crippen molar-refractivity contribution >= 4 is 11.6 Å². The van der Waals surface area contributed by atoms with Gasteiger partial charge >= 0.3 is 0 Å². The smallest absolute Gasteiger partial charge is 0.228 e. The summed E-state index contributed by atoms with van der Waals surface area (Å²) in [5.41, 5.74) is 0.0475. The summed E-state index contributed by atoms with van der Waals surface area (Å²) in [6.07, 6.45) is -0.171. The molecule has 134 valence electrons. The highest BCUT2D eigenvalue weighted by Crippen LogP contribution is 2.38. The monoisotopic (exact) mass is 355 g/mol. The number of rotatable bonds is 6. The molecule has 0 radical (unpaired) electrons. The molecule has 0 atom stereocenters. The van der Waals surface area contributed by atoms with Crippen LogP contribution in [0.1, 0.15) is 5.56 Å². The van der Waals surface area contributed by atoms with Crippen molar-refractivity contribution in [3.63, 3.8) is 0 Å². The van der Waals surface area contributed by atoms with Crippen molar-refractivity contribution in [1.29, 1.82) is 0 Å². The van der Waals surface area contributed by atoms with Crippen LogP contribution in [0.25, 0.3) is 0 Å². The molecule has 0 unspecified atom stereocenters. The van der Waals surface area contributed by atoms with Gasteiger partial charge in [-0.15, -0.1) is 0 Å². The minimum atomic E-state index is -1.65. The van der Waals surface area contributed by atoms with Gasteiger partial charge in [0.25, 0.3) is 0 Å². The van der Waals surface area contributed by atoms with Crippen molar-refractivity contribution in [2.45, 2.75) is 6.42 Å². The van der Waals surface area contributed by atoms with Crippen LogP contribution >= 0.6 is 0 Å². The molecule has 0 bridgehead atoms. The summed E-state index contributed by atoms with van der Waals surface area (Å²) < 4.78 is 55.3. The van der Waals surface area contributed by atoms with Gasteiger partial charge < -0.3 is 19.5 Å². The standard InChI is InChI=1S/C17H16F3NO4/c1-23-12-6-9(7-13(24-2)17(12)25-3)8-14(22)21-11-5-4-10(18)15(19)16(11)20/h4-7H,8H2,1-3H3,(H,21,22). The molecule has 1 amide bonds. The molecule has 0 fully saturated rings. The molecule has 8 heteroatoms. The maximum atomic E-state index is 13.6. The Kier molecular flexibility index (Phi) is 5.74. The summed E-state index contributed by atoms with van der Waals surface area (Å²) in [4.78, 5) is 12.1. The molecular weight excluding hydrogens is 339 g/mol. The Morgan fingerprint density at radius 2 is 1.56 bits per heavy atom. The number of benzene rings is 2. The van der Waals surface area contributed by atoms with E-state index in [4.69, 9.17) is 14.2 Å². The molecule has 0 saturated heterocycles. The quantitative estimate of drug-likeness (QED) is 0.808. The van der Waals surface area contributed by atoms with Crippen LogP contribution in [0.2, 0.25) is 0 Å². The highest BCUT2D eigenvalue weighted by molar-refractivity contribution is 5.92. The van der Waals surface area contributed by atoms with Crippen molar-refractivity contribution < 1.29 is 32.2 Å². The summed E-state index contributed by atoms with van der Waals surface area (Å²) >= 11 is 0. The number of ether oxygens (including phenoxy) is 3. The highest BCUT2D eigenvalue weighted by atomic mass is 19.2. The Hall–Kier alpha value is -2.90. The van der Waals surface area contributed by atoms with E-state index in [1.807, 2.05) is 0 Å². The number of methoxy groups -OCH3 is 3. The SMILES string of the molecule is COc1cc(CC(=O)Nc2ccc(F)c(F)c2F)cc(OC)c1OC. The first-order chi connectivity index (χ1) is 11.9. The lowest BCUT2D eigenvalue weighted by Crippen LogP contribution is -2.16. The zero-order chi connectivity index (χ0) is 18.6. The largest absolute Gasteiger partial charge is 0.493 e. The number of halogens is 3. The normalized spacial score (nSPS) is 10.3. The molecule has 2 aromatic carbocycles. The zero-order valence-corrected chi connectivity index (χ0v) is 13.8. The fourth-order valence-electron chi connectivity index (χ4n) is 2.24. The number of anilines is 1. The highest BCUT2D eigenvalue weighted by Gasteiger charge is 2.17. The van der Waals surface area contributed by atoms with E-state index in [-0.39, 0.29) is 6.42 Å². The molecule has 25 heavy (non-hydrogen) atoms. The van der Waals surface area contributed by atoms with Crippen LogP contribution in [0.4, 0.5) is 18.9 Å². The summed E-state index contributed by atoms with van der Waals surface area (Å²) in [5.74, 6) is -4.00. The number of hydrogen-bond donors (Lipinski definition) is 1. The summed E-state index contributed by atoms with van der Waals surface area (Å²) in [7, 11) is 4.30. The van der Waals surface area contributed by atoms with E-state index >= 15 is 0 Å². The van der Waals surface area contributed by atoms with Crippen molar-refractivity contribution in [2.24, 2.45) is 0 Å². The number of carbonyl (C=O) groups is 1. The third kappa shape index (κ3) is 3.96. The van der Waals surface area contributed by atoms with Gasteiger partial charge in [-0.3, -0.25) is 4.79 Å². The van der Waals surface area contributed by atoms with Gasteiger partial charge in [-0.25, -0.2) is 13.2 Å². The van der Waals surface area contributed by atoms with Crippen LogP contribution in [-0.4, -0.2) is 27.2 Å². The van der Waals surface area contributed by atoms with E-state index in [0.29, 0.717) is 22.8 Å². The van der Waals surface area contributed by atoms with E-state index < -0.39 is 29.0 Å². The third-order valence-electron chi connectivity index (χ3n) is 3.40. The fourth-order valence-corrected chi connectivity index (χ4v) is 2.24. The first-order valence-corrected chi connectivity index (χ1v) is 7.13. The van der Waals surface area contributed by atoms with Crippen molar-refractivity contribution in [1.82, 2.24) is 0 Å². The number of hydrogen-bond acceptors (Lipinski definition) is 4. The van der Waals surface area contributed by atoms with Crippen molar-refractivity contribution in [2.75, 3.05) is 26.6 Å². The van der Waals surface area contributed by atoms with Crippen LogP contribution in [0, 0.1) is 17.5 Å². The van der Waals surface area contributed by atoms with E-state index in [1.165, 1.54) is 21.3 Å². The lowest BCUT2D eigenvalue weighted by atomic mass is 10.1. The lowest BCUT2D eigenvalue weighted by molar-refractivity contribution is -0.115. The summed E-state index contributed by atoms with van der Waals surface area (Å²) in [6.45, 7) is 0. The molecule has 2 aromatic rings. The molecule has 0 aromatic heterocycles. The molecule has 0 saturated carbocycles. The second kappa shape index (κ2) is 7.78. The Morgan fingerprint density at radius 3 is 2.08 bits per heavy atom. The maximum absolute atomic E-state index is 13.6. The second-order valence-corrected chi connectivity index (χ2v) is 4.98. The van der Waals surface area contributed by atoms with Crippen molar-refractivity contribution in [3.05, 3.63) is 47.3 Å². The average Bonchev–Trinajstić information content (AvgIpc) is 2.61. The number of nitrogens with one attached hydrogen (secondary N) is 1. The topological polar surface area (TPSA) is 56.8 Å². The van der Waals surface area contributed by atoms with Crippen LogP contribution in [0.15, 0.2) is 24.3 Å². The maximum Gasteiger partial charge on any atom is 0.228 e. The predicted octanol–water partition coefficient (Wildman–Crippen LogP) is 3.31. The molecule has 0 aliphatic heterocycles. The predicted molar refractivity (Wildman–Crippen MR) is 84.7 cm³/mol. The van der Waals surface area contributed by atoms with Gasteiger partial charge in [-0.1, -0.05) is 0 Å². The first kappa shape index (κ1) is 18.4. The van der Waals surface area contributed by atoms with Gasteiger partial charge in [0.2, 0.25) is 11.7 Å². The zero-order valence-electron chi connectivity index (χ0n) is 13.8. The fraction of sp³-hybridized carbons (Fsp3) is 0.235. The Balaban J connectivity index is 2.22. The summed E-state index contributed by atoms with van der Waals surface area (Å²) in [5, 5.41) is 2.20. The molecule has 0 spiro atoms. The Labute approximate surface area is 142 Å². The second-order valence-electron chi connectivity index (χ2n) is 4.98. The van der Waals surface area contributed by atoms with Gasteiger partial charge in [0.05, 0.1) is 33.4 Å². The van der Waals surface area contributed by atoms with E-state index in [1.54, 1.807) is 12.1 Å². The molecule has 1 N–H and O–H groups in total. The van der Waals surface area contributed by atoms with Crippen LogP contribution in [0.5, 0.6) is 17.2 Å². The van der Waals surface area contributed by atoms with Gasteiger partial charge in [0.1, 0.15) is 0 Å². The van der Waals surface area contributed by atoms with Gasteiger partial charge in [0, 0.05) is 0 Å². The van der Waals surface area contributed by atoms with Crippen LogP contribution < -0.4 is 19.5 Å². The number of amides is 1. The van der Waals surface area contributed by atoms with Crippen LogP contribution in [-0.2, 0) is 11.2 Å². The molecule has 0 aliphatic carbocycles. The van der Waals surface area contributed by atoms with E-state index in [0.717, 1.165) is 12.1 Å². The minimum Gasteiger partial charge on any atom is -0.493 e. The molecule has 2 rings (SSSR count). The Morgan fingerprint density at radius 1 is 0.960 bits per heavy atom. The van der Waals surface area contributed by atoms with Gasteiger partial charge in [-0.2, -0.15) is 0 Å². The molecule has 0 aliphatic rings. The molecular formula is C17H16F3NO4. The summed E-state index contributed by atoms with van der Waals surface area (Å²) in [6, 6.07) is 4.79. The average molecular weight is 355 g/mol. The number of carbonyl (C=O) groups excluding carboxylic acids is 1. The van der Waals surface area contributed by atoms with Gasteiger partial charge in [-0.05, 0) is 29.8 Å². The lowest BCUT2D eigenvalue weighted by Gasteiger charge is -2.14. The first-order valence-electron chi connectivity index (χ1n) is 7.13. The molecule has 0 heterocycles.